The summed E-state index contributed by atoms with van der Waals surface area (Å²) in [6.07, 6.45) is 17.9. The molecule has 0 aromatic heterocycles. The number of carbonyl (C=O) groups excluding carboxylic acids is 1. The van der Waals surface area contributed by atoms with Gasteiger partial charge in [-0.05, 0) is 64.4 Å². The Morgan fingerprint density at radius 3 is 1.70 bits per heavy atom. The molecule has 2 heterocycles. The second-order valence-electron chi connectivity index (χ2n) is 13.3. The van der Waals surface area contributed by atoms with E-state index in [1.54, 1.807) is 13.0 Å². The number of aliphatic hydroxyl groups excluding tert-OH is 5. The molecule has 0 saturated carbocycles. The Labute approximate surface area is 261 Å². The number of hydrogen-bond donors (Lipinski definition) is 5. The van der Waals surface area contributed by atoms with Crippen molar-refractivity contribution in [3.05, 3.63) is 11.6 Å². The molecule has 2 unspecified atom stereocenters. The smallest absolute Gasteiger partial charge is 0.334 e. The zero-order chi connectivity index (χ0) is 31.5. The van der Waals surface area contributed by atoms with Crippen LogP contribution in [0.1, 0.15) is 155 Å². The zero-order valence-electron chi connectivity index (χ0n) is 27.2. The van der Waals surface area contributed by atoms with Gasteiger partial charge in [-0.3, -0.25) is 0 Å². The minimum atomic E-state index is -0.833. The Morgan fingerprint density at radius 2 is 1.14 bits per heavy atom. The Hall–Kier alpha value is -1.03. The molecular formula is C35H64O8. The SMILES string of the molecule is CCCCCCCCCCCC[C@@H](O)[C@H]1CC[C@H]([C@H](O)CCCC(O)C(O)CCCCC[C@@H](O)CC2=C[C@H](C)OC2=O)O1. The number of aliphatic hydroxyl groups is 5. The van der Waals surface area contributed by atoms with E-state index < -0.39 is 30.5 Å². The summed E-state index contributed by atoms with van der Waals surface area (Å²) in [5, 5.41) is 52.1. The van der Waals surface area contributed by atoms with Crippen LogP contribution in [-0.2, 0) is 14.3 Å². The van der Waals surface area contributed by atoms with Crippen molar-refractivity contribution >= 4 is 5.97 Å². The molecule has 0 bridgehead atoms. The fourth-order valence-corrected chi connectivity index (χ4v) is 6.44. The van der Waals surface area contributed by atoms with Gasteiger partial charge in [0.2, 0.25) is 0 Å². The van der Waals surface area contributed by atoms with E-state index in [1.165, 1.54) is 51.4 Å². The summed E-state index contributed by atoms with van der Waals surface area (Å²) >= 11 is 0. The molecule has 2 rings (SSSR count). The number of ether oxygens (including phenoxy) is 2. The second-order valence-corrected chi connectivity index (χ2v) is 13.3. The maximum Gasteiger partial charge on any atom is 0.334 e. The highest BCUT2D eigenvalue weighted by Gasteiger charge is 2.34. The summed E-state index contributed by atoms with van der Waals surface area (Å²) in [5.74, 6) is -0.343. The van der Waals surface area contributed by atoms with E-state index in [0.717, 1.165) is 51.4 Å². The molecule has 5 N–H and O–H groups in total. The third-order valence-electron chi connectivity index (χ3n) is 9.22. The molecule has 1 saturated heterocycles. The van der Waals surface area contributed by atoms with Crippen LogP contribution in [0.2, 0.25) is 0 Å². The summed E-state index contributed by atoms with van der Waals surface area (Å²) in [4.78, 5) is 11.7. The van der Waals surface area contributed by atoms with E-state index in [9.17, 15) is 30.3 Å². The standard InChI is InChI=1S/C35H64O8/c1-3-4-5-6-7-8-9-10-11-14-19-31(39)33-22-23-34(43-33)32(40)21-16-20-30(38)29(37)18-15-12-13-17-28(36)25-27-24-26(2)42-35(27)41/h24,26,28-34,36-40H,3-23,25H2,1-2H3/t26-,28+,29?,30?,31+,32+,33+,34+/m0/s1. The summed E-state index contributed by atoms with van der Waals surface area (Å²) < 4.78 is 11.1. The molecule has 0 amide bonds. The van der Waals surface area contributed by atoms with Gasteiger partial charge in [-0.25, -0.2) is 4.79 Å². The Morgan fingerprint density at radius 1 is 0.674 bits per heavy atom. The van der Waals surface area contributed by atoms with Crippen LogP contribution in [0.15, 0.2) is 11.6 Å². The molecule has 8 atom stereocenters. The fraction of sp³-hybridized carbons (Fsp3) is 0.914. The average molecular weight is 613 g/mol. The van der Waals surface area contributed by atoms with Gasteiger partial charge in [0.15, 0.2) is 0 Å². The first-order valence-electron chi connectivity index (χ1n) is 17.7. The van der Waals surface area contributed by atoms with Crippen molar-refractivity contribution in [2.75, 3.05) is 0 Å². The molecule has 0 radical (unpaired) electrons. The van der Waals surface area contributed by atoms with Gasteiger partial charge in [0.05, 0.1) is 42.7 Å². The molecule has 2 aliphatic rings. The molecular weight excluding hydrogens is 548 g/mol. The minimum absolute atomic E-state index is 0.202. The minimum Gasteiger partial charge on any atom is -0.455 e. The molecule has 0 aliphatic carbocycles. The first kappa shape index (κ1) is 38.2. The first-order chi connectivity index (χ1) is 20.7. The van der Waals surface area contributed by atoms with Crippen LogP contribution < -0.4 is 0 Å². The molecule has 252 valence electrons. The summed E-state index contributed by atoms with van der Waals surface area (Å²) in [6, 6.07) is 0. The van der Waals surface area contributed by atoms with Crippen LogP contribution in [0.3, 0.4) is 0 Å². The first-order valence-corrected chi connectivity index (χ1v) is 17.7. The van der Waals surface area contributed by atoms with Crippen LogP contribution in [0.25, 0.3) is 0 Å². The molecule has 0 spiro atoms. The van der Waals surface area contributed by atoms with Crippen LogP contribution in [0.4, 0.5) is 0 Å². The molecule has 43 heavy (non-hydrogen) atoms. The van der Waals surface area contributed by atoms with Gasteiger partial charge in [0.1, 0.15) is 6.10 Å². The van der Waals surface area contributed by atoms with E-state index in [1.807, 2.05) is 0 Å². The van der Waals surface area contributed by atoms with Gasteiger partial charge in [-0.2, -0.15) is 0 Å². The quantitative estimate of drug-likeness (QED) is 0.0590. The number of cyclic esters (lactones) is 1. The Balaban J connectivity index is 1.46. The lowest BCUT2D eigenvalue weighted by molar-refractivity contribution is -0.139. The molecule has 1 fully saturated rings. The lowest BCUT2D eigenvalue weighted by Gasteiger charge is -2.23. The van der Waals surface area contributed by atoms with Crippen molar-refractivity contribution < 1.29 is 39.8 Å². The van der Waals surface area contributed by atoms with Crippen LogP contribution in [0, 0.1) is 0 Å². The summed E-state index contributed by atoms with van der Waals surface area (Å²) in [6.45, 7) is 4.04. The van der Waals surface area contributed by atoms with E-state index in [2.05, 4.69) is 6.92 Å². The highest BCUT2D eigenvalue weighted by Crippen LogP contribution is 2.28. The van der Waals surface area contributed by atoms with E-state index in [-0.39, 0.29) is 24.3 Å². The third kappa shape index (κ3) is 16.2. The largest absolute Gasteiger partial charge is 0.455 e. The molecule has 8 nitrogen and oxygen atoms in total. The van der Waals surface area contributed by atoms with Crippen molar-refractivity contribution in [2.45, 2.75) is 204 Å². The van der Waals surface area contributed by atoms with Crippen molar-refractivity contribution in [1.29, 1.82) is 0 Å². The van der Waals surface area contributed by atoms with Gasteiger partial charge in [-0.1, -0.05) is 90.4 Å². The number of hydrogen-bond acceptors (Lipinski definition) is 8. The summed E-state index contributed by atoms with van der Waals surface area (Å²) in [5.41, 5.74) is 0.542. The fourth-order valence-electron chi connectivity index (χ4n) is 6.44. The van der Waals surface area contributed by atoms with Gasteiger partial charge in [0, 0.05) is 12.0 Å². The molecule has 0 aromatic carbocycles. The number of unbranched alkanes of at least 4 members (excludes halogenated alkanes) is 11. The molecule has 0 aromatic rings. The second kappa shape index (κ2) is 22.5. The lowest BCUT2D eigenvalue weighted by Crippen LogP contribution is -2.31. The Kier molecular flexibility index (Phi) is 19.9. The van der Waals surface area contributed by atoms with E-state index in [0.29, 0.717) is 44.1 Å². The van der Waals surface area contributed by atoms with Crippen LogP contribution >= 0.6 is 0 Å². The maximum atomic E-state index is 11.7. The highest BCUT2D eigenvalue weighted by atomic mass is 16.5. The number of carbonyl (C=O) groups is 1. The van der Waals surface area contributed by atoms with Crippen LogP contribution in [-0.4, -0.2) is 80.3 Å². The van der Waals surface area contributed by atoms with E-state index >= 15 is 0 Å². The van der Waals surface area contributed by atoms with Gasteiger partial charge in [-0.15, -0.1) is 0 Å². The van der Waals surface area contributed by atoms with Crippen LogP contribution in [0.5, 0.6) is 0 Å². The van der Waals surface area contributed by atoms with Crippen molar-refractivity contribution in [3.8, 4) is 0 Å². The molecule has 2 aliphatic heterocycles. The van der Waals surface area contributed by atoms with Crippen molar-refractivity contribution in [2.24, 2.45) is 0 Å². The topological polar surface area (TPSA) is 137 Å². The maximum absolute atomic E-state index is 11.7. The van der Waals surface area contributed by atoms with E-state index in [4.69, 9.17) is 9.47 Å². The predicted molar refractivity (Wildman–Crippen MR) is 170 cm³/mol. The monoisotopic (exact) mass is 612 g/mol. The molecule has 8 heteroatoms. The van der Waals surface area contributed by atoms with Gasteiger partial charge in [0.25, 0.3) is 0 Å². The zero-order valence-corrected chi connectivity index (χ0v) is 27.2. The van der Waals surface area contributed by atoms with Crippen molar-refractivity contribution in [1.82, 2.24) is 0 Å². The van der Waals surface area contributed by atoms with Crippen molar-refractivity contribution in [3.63, 3.8) is 0 Å². The lowest BCUT2D eigenvalue weighted by atomic mass is 9.97. The number of esters is 1. The van der Waals surface area contributed by atoms with Gasteiger partial charge >= 0.3 is 5.97 Å². The highest BCUT2D eigenvalue weighted by molar-refractivity contribution is 5.90. The predicted octanol–water partition coefficient (Wildman–Crippen LogP) is 6.03. The third-order valence-corrected chi connectivity index (χ3v) is 9.22. The number of rotatable bonds is 26. The summed E-state index contributed by atoms with van der Waals surface area (Å²) in [7, 11) is 0. The normalized spacial score (nSPS) is 24.0. The Bertz CT molecular complexity index is 758. The van der Waals surface area contributed by atoms with Gasteiger partial charge < -0.3 is 35.0 Å². The average Bonchev–Trinajstić information content (AvgIpc) is 3.59.